The van der Waals surface area contributed by atoms with E-state index in [0.29, 0.717) is 17.3 Å². The second kappa shape index (κ2) is 4.42. The zero-order valence-electron chi connectivity index (χ0n) is 9.37. The lowest BCUT2D eigenvalue weighted by molar-refractivity contribution is 0.522. The highest BCUT2D eigenvalue weighted by molar-refractivity contribution is 6.16. The van der Waals surface area contributed by atoms with Crippen LogP contribution in [0.5, 0.6) is 0 Å². The first-order valence-electron chi connectivity index (χ1n) is 5.33. The zero-order valence-corrected chi connectivity index (χ0v) is 10.1. The number of rotatable bonds is 3. The molecule has 0 aliphatic carbocycles. The summed E-state index contributed by atoms with van der Waals surface area (Å²) in [7, 11) is 0. The van der Waals surface area contributed by atoms with Crippen molar-refractivity contribution in [3.05, 3.63) is 29.8 Å². The molecule has 0 unspecified atom stereocenters. The van der Waals surface area contributed by atoms with Crippen LogP contribution in [0.1, 0.15) is 19.7 Å². The minimum absolute atomic E-state index is 0.286. The topological polar surface area (TPSA) is 17.8 Å². The van der Waals surface area contributed by atoms with Gasteiger partial charge in [-0.3, -0.25) is 0 Å². The van der Waals surface area contributed by atoms with Crippen LogP contribution in [0.4, 0.5) is 4.39 Å². The first-order valence-corrected chi connectivity index (χ1v) is 5.86. The number of hydrogen-bond donors (Lipinski definition) is 0. The Morgan fingerprint density at radius 1 is 1.44 bits per heavy atom. The Labute approximate surface area is 99.0 Å². The third-order valence-corrected chi connectivity index (χ3v) is 2.72. The molecule has 0 amide bonds. The minimum Gasteiger partial charge on any atom is -0.327 e. The fraction of sp³-hybridized carbons (Fsp3) is 0.417. The van der Waals surface area contributed by atoms with E-state index >= 15 is 0 Å². The first kappa shape index (κ1) is 11.4. The fourth-order valence-electron chi connectivity index (χ4n) is 1.83. The summed E-state index contributed by atoms with van der Waals surface area (Å²) < 4.78 is 15.5. The van der Waals surface area contributed by atoms with Gasteiger partial charge in [0.1, 0.15) is 11.3 Å². The van der Waals surface area contributed by atoms with Crippen molar-refractivity contribution in [2.75, 3.05) is 0 Å². The maximum absolute atomic E-state index is 13.5. The maximum Gasteiger partial charge on any atom is 0.151 e. The van der Waals surface area contributed by atoms with Gasteiger partial charge in [-0.15, -0.1) is 11.6 Å². The van der Waals surface area contributed by atoms with E-state index in [1.54, 1.807) is 6.07 Å². The molecule has 2 aromatic rings. The van der Waals surface area contributed by atoms with Gasteiger partial charge in [-0.2, -0.15) is 0 Å². The molecule has 2 rings (SSSR count). The van der Waals surface area contributed by atoms with Crippen LogP contribution in [-0.2, 0) is 12.4 Å². The van der Waals surface area contributed by atoms with Crippen LogP contribution in [0.25, 0.3) is 11.0 Å². The predicted octanol–water partition coefficient (Wildman–Crippen LogP) is 3.57. The van der Waals surface area contributed by atoms with E-state index in [2.05, 4.69) is 18.8 Å². The van der Waals surface area contributed by atoms with E-state index in [9.17, 15) is 4.39 Å². The van der Waals surface area contributed by atoms with E-state index in [4.69, 9.17) is 11.6 Å². The molecule has 0 atom stereocenters. The van der Waals surface area contributed by atoms with Crippen LogP contribution in [0.2, 0.25) is 0 Å². The van der Waals surface area contributed by atoms with Crippen molar-refractivity contribution in [2.24, 2.45) is 5.92 Å². The molecule has 0 N–H and O–H groups in total. The molecular weight excluding hydrogens is 227 g/mol. The summed E-state index contributed by atoms with van der Waals surface area (Å²) in [6.07, 6.45) is 0. The van der Waals surface area contributed by atoms with E-state index < -0.39 is 0 Å². The molecule has 0 saturated heterocycles. The fourth-order valence-corrected chi connectivity index (χ4v) is 2.04. The van der Waals surface area contributed by atoms with Gasteiger partial charge in [-0.05, 0) is 18.1 Å². The highest BCUT2D eigenvalue weighted by Crippen LogP contribution is 2.21. The lowest BCUT2D eigenvalue weighted by Crippen LogP contribution is -2.07. The van der Waals surface area contributed by atoms with Crippen molar-refractivity contribution >= 4 is 22.6 Å². The van der Waals surface area contributed by atoms with Crippen LogP contribution in [0.3, 0.4) is 0 Å². The minimum atomic E-state index is -0.286. The molecule has 1 aromatic heterocycles. The second-order valence-corrected chi connectivity index (χ2v) is 4.54. The van der Waals surface area contributed by atoms with Crippen LogP contribution >= 0.6 is 11.6 Å². The van der Waals surface area contributed by atoms with E-state index in [-0.39, 0.29) is 5.82 Å². The summed E-state index contributed by atoms with van der Waals surface area (Å²) in [6.45, 7) is 5.04. The van der Waals surface area contributed by atoms with Crippen LogP contribution in [0.15, 0.2) is 18.2 Å². The number of hydrogen-bond acceptors (Lipinski definition) is 1. The van der Waals surface area contributed by atoms with Crippen molar-refractivity contribution in [1.82, 2.24) is 9.55 Å². The van der Waals surface area contributed by atoms with Gasteiger partial charge in [0.2, 0.25) is 0 Å². The Balaban J connectivity index is 2.64. The van der Waals surface area contributed by atoms with E-state index in [1.165, 1.54) is 6.07 Å². The van der Waals surface area contributed by atoms with Crippen LogP contribution < -0.4 is 0 Å². The highest BCUT2D eigenvalue weighted by Gasteiger charge is 2.13. The summed E-state index contributed by atoms with van der Waals surface area (Å²) in [5.74, 6) is 1.23. The van der Waals surface area contributed by atoms with Gasteiger partial charge in [0, 0.05) is 6.54 Å². The lowest BCUT2D eigenvalue weighted by atomic mass is 10.2. The molecule has 4 heteroatoms. The van der Waals surface area contributed by atoms with Gasteiger partial charge < -0.3 is 4.57 Å². The summed E-state index contributed by atoms with van der Waals surface area (Å²) in [6, 6.07) is 5.01. The van der Waals surface area contributed by atoms with Gasteiger partial charge in [-0.1, -0.05) is 19.9 Å². The molecule has 0 fully saturated rings. The number of benzene rings is 1. The standard InChI is InChI=1S/C12H14ClFN2/c1-8(2)7-16-10-5-3-4-9(14)12(10)15-11(16)6-13/h3-5,8H,6-7H2,1-2H3. The molecule has 2 nitrogen and oxygen atoms in total. The molecule has 0 spiro atoms. The van der Waals surface area contributed by atoms with Crippen LogP contribution in [-0.4, -0.2) is 9.55 Å². The van der Waals surface area contributed by atoms with Gasteiger partial charge >= 0.3 is 0 Å². The highest BCUT2D eigenvalue weighted by atomic mass is 35.5. The number of aromatic nitrogens is 2. The maximum atomic E-state index is 13.5. The Bertz CT molecular complexity index is 505. The van der Waals surface area contributed by atoms with E-state index in [1.807, 2.05) is 10.6 Å². The average Bonchev–Trinajstić information content (AvgIpc) is 2.58. The van der Waals surface area contributed by atoms with Crippen molar-refractivity contribution in [3.63, 3.8) is 0 Å². The molecule has 0 aliphatic heterocycles. The van der Waals surface area contributed by atoms with Gasteiger partial charge in [-0.25, -0.2) is 9.37 Å². The predicted molar refractivity (Wildman–Crippen MR) is 64.1 cm³/mol. The summed E-state index contributed by atoms with van der Waals surface area (Å²) in [5, 5.41) is 0. The molecule has 0 aliphatic rings. The van der Waals surface area contributed by atoms with E-state index in [0.717, 1.165) is 17.9 Å². The summed E-state index contributed by atoms with van der Waals surface area (Å²) in [5.41, 5.74) is 1.24. The number of alkyl halides is 1. The number of imidazole rings is 1. The average molecular weight is 241 g/mol. The van der Waals surface area contributed by atoms with Crippen molar-refractivity contribution in [3.8, 4) is 0 Å². The third-order valence-electron chi connectivity index (χ3n) is 2.48. The third kappa shape index (κ3) is 1.92. The molecular formula is C12H14ClFN2. The molecule has 0 saturated carbocycles. The van der Waals surface area contributed by atoms with Crippen molar-refractivity contribution < 1.29 is 4.39 Å². The molecule has 1 heterocycles. The molecule has 16 heavy (non-hydrogen) atoms. The van der Waals surface area contributed by atoms with Crippen LogP contribution in [0, 0.1) is 11.7 Å². The Morgan fingerprint density at radius 3 is 2.81 bits per heavy atom. The Morgan fingerprint density at radius 2 is 2.19 bits per heavy atom. The molecule has 1 aromatic carbocycles. The van der Waals surface area contributed by atoms with Crippen molar-refractivity contribution in [1.29, 1.82) is 0 Å². The normalized spacial score (nSPS) is 11.6. The Kier molecular flexibility index (Phi) is 3.15. The lowest BCUT2D eigenvalue weighted by Gasteiger charge is -2.10. The van der Waals surface area contributed by atoms with Crippen molar-refractivity contribution in [2.45, 2.75) is 26.3 Å². The molecule has 86 valence electrons. The largest absolute Gasteiger partial charge is 0.327 e. The molecule has 0 bridgehead atoms. The SMILES string of the molecule is CC(C)Cn1c(CCl)nc2c(F)cccc21. The number of fused-ring (bicyclic) bond motifs is 1. The monoisotopic (exact) mass is 240 g/mol. The number of para-hydroxylation sites is 1. The van der Waals surface area contributed by atoms with Gasteiger partial charge in [0.25, 0.3) is 0 Å². The molecule has 0 radical (unpaired) electrons. The second-order valence-electron chi connectivity index (χ2n) is 4.27. The summed E-state index contributed by atoms with van der Waals surface area (Å²) >= 11 is 5.83. The number of nitrogens with zero attached hydrogens (tertiary/aromatic N) is 2. The van der Waals surface area contributed by atoms with Gasteiger partial charge in [0.05, 0.1) is 11.4 Å². The smallest absolute Gasteiger partial charge is 0.151 e. The Hall–Kier alpha value is -1.09. The summed E-state index contributed by atoms with van der Waals surface area (Å²) in [4.78, 5) is 4.24. The van der Waals surface area contributed by atoms with Gasteiger partial charge in [0.15, 0.2) is 5.82 Å². The number of halogens is 2. The zero-order chi connectivity index (χ0) is 11.7. The quantitative estimate of drug-likeness (QED) is 0.750. The first-order chi connectivity index (χ1) is 7.63.